The zero-order valence-corrected chi connectivity index (χ0v) is 9.16. The number of nitrogens with one attached hydrogen (secondary N) is 1. The smallest absolute Gasteiger partial charge is 0.165 e. The van der Waals surface area contributed by atoms with Crippen LogP contribution in [0.1, 0.15) is 12.8 Å². The maximum absolute atomic E-state index is 13.4. The molecule has 1 saturated carbocycles. The molecule has 0 aromatic heterocycles. The lowest BCUT2D eigenvalue weighted by Crippen LogP contribution is -2.18. The molecular weight excluding hydrogens is 205 g/mol. The van der Waals surface area contributed by atoms with Gasteiger partial charge in [0, 0.05) is 0 Å². The molecule has 3 heteroatoms. The van der Waals surface area contributed by atoms with Crippen LogP contribution in [-0.4, -0.2) is 19.2 Å². The molecule has 2 atom stereocenters. The van der Waals surface area contributed by atoms with E-state index in [9.17, 15) is 4.39 Å². The minimum Gasteiger partial charge on any atom is -0.487 e. The lowest BCUT2D eigenvalue weighted by atomic mass is 10.0. The van der Waals surface area contributed by atoms with Crippen molar-refractivity contribution in [3.63, 3.8) is 0 Å². The van der Waals surface area contributed by atoms with Crippen LogP contribution in [-0.2, 0) is 0 Å². The van der Waals surface area contributed by atoms with E-state index in [4.69, 9.17) is 4.74 Å². The summed E-state index contributed by atoms with van der Waals surface area (Å²) in [7, 11) is 0. The SMILES string of the molecule is Fc1ccccc1OC1C[C@@H]2CNC[C@H]2C1. The number of hydrogen-bond donors (Lipinski definition) is 1. The van der Waals surface area contributed by atoms with E-state index in [0.29, 0.717) is 5.75 Å². The van der Waals surface area contributed by atoms with Crippen LogP contribution >= 0.6 is 0 Å². The third-order valence-corrected chi connectivity index (χ3v) is 3.74. The zero-order valence-electron chi connectivity index (χ0n) is 9.16. The van der Waals surface area contributed by atoms with Gasteiger partial charge >= 0.3 is 0 Å². The average molecular weight is 221 g/mol. The molecule has 2 nitrogen and oxygen atoms in total. The maximum atomic E-state index is 13.4. The molecule has 1 heterocycles. The number of hydrogen-bond acceptors (Lipinski definition) is 2. The third kappa shape index (κ3) is 1.80. The molecule has 86 valence electrons. The molecule has 16 heavy (non-hydrogen) atoms. The lowest BCUT2D eigenvalue weighted by molar-refractivity contribution is 0.191. The van der Waals surface area contributed by atoms with Gasteiger partial charge in [0.25, 0.3) is 0 Å². The molecule has 1 saturated heterocycles. The quantitative estimate of drug-likeness (QED) is 0.826. The highest BCUT2D eigenvalue weighted by Crippen LogP contribution is 2.36. The molecule has 1 aromatic carbocycles. The van der Waals surface area contributed by atoms with E-state index in [1.54, 1.807) is 12.1 Å². The number of benzene rings is 1. The minimum atomic E-state index is -0.252. The second kappa shape index (κ2) is 4.06. The Morgan fingerprint density at radius 3 is 2.50 bits per heavy atom. The van der Waals surface area contributed by atoms with Gasteiger partial charge in [0.2, 0.25) is 0 Å². The van der Waals surface area contributed by atoms with Crippen molar-refractivity contribution >= 4 is 0 Å². The molecule has 2 aliphatic rings. The van der Waals surface area contributed by atoms with Crippen molar-refractivity contribution in [2.24, 2.45) is 11.8 Å². The van der Waals surface area contributed by atoms with Gasteiger partial charge < -0.3 is 10.1 Å². The van der Waals surface area contributed by atoms with Gasteiger partial charge in [-0.3, -0.25) is 0 Å². The number of ether oxygens (including phenoxy) is 1. The molecule has 3 rings (SSSR count). The highest BCUT2D eigenvalue weighted by Gasteiger charge is 2.38. The Bertz CT molecular complexity index is 370. The highest BCUT2D eigenvalue weighted by atomic mass is 19.1. The molecule has 0 unspecified atom stereocenters. The Morgan fingerprint density at radius 1 is 1.12 bits per heavy atom. The van der Waals surface area contributed by atoms with Gasteiger partial charge in [-0.1, -0.05) is 12.1 Å². The summed E-state index contributed by atoms with van der Waals surface area (Å²) >= 11 is 0. The van der Waals surface area contributed by atoms with Crippen molar-refractivity contribution in [1.82, 2.24) is 5.32 Å². The molecule has 1 aromatic rings. The van der Waals surface area contributed by atoms with Gasteiger partial charge in [0.15, 0.2) is 11.6 Å². The van der Waals surface area contributed by atoms with Crippen molar-refractivity contribution in [2.45, 2.75) is 18.9 Å². The van der Waals surface area contributed by atoms with Crippen molar-refractivity contribution in [2.75, 3.05) is 13.1 Å². The van der Waals surface area contributed by atoms with Crippen molar-refractivity contribution in [1.29, 1.82) is 0 Å². The van der Waals surface area contributed by atoms with E-state index < -0.39 is 0 Å². The van der Waals surface area contributed by atoms with Crippen LogP contribution < -0.4 is 10.1 Å². The van der Waals surface area contributed by atoms with Crippen LogP contribution in [0.5, 0.6) is 5.75 Å². The van der Waals surface area contributed by atoms with Gasteiger partial charge in [-0.05, 0) is 49.9 Å². The molecule has 0 amide bonds. The number of fused-ring (bicyclic) bond motifs is 1. The molecule has 2 fully saturated rings. The molecule has 1 aliphatic heterocycles. The van der Waals surface area contributed by atoms with Crippen molar-refractivity contribution < 1.29 is 9.13 Å². The Morgan fingerprint density at radius 2 is 1.81 bits per heavy atom. The average Bonchev–Trinajstić information content (AvgIpc) is 2.81. The topological polar surface area (TPSA) is 21.3 Å². The van der Waals surface area contributed by atoms with Crippen LogP contribution in [0.4, 0.5) is 4.39 Å². The predicted octanol–water partition coefficient (Wildman–Crippen LogP) is 2.20. The fraction of sp³-hybridized carbons (Fsp3) is 0.538. The first-order valence-electron chi connectivity index (χ1n) is 5.95. The number of para-hydroxylation sites is 1. The largest absolute Gasteiger partial charge is 0.487 e. The Balaban J connectivity index is 1.66. The van der Waals surface area contributed by atoms with Gasteiger partial charge in [-0.15, -0.1) is 0 Å². The Labute approximate surface area is 94.8 Å². The van der Waals surface area contributed by atoms with E-state index in [-0.39, 0.29) is 11.9 Å². The summed E-state index contributed by atoms with van der Waals surface area (Å²) in [6, 6.07) is 6.67. The summed E-state index contributed by atoms with van der Waals surface area (Å²) in [6.45, 7) is 2.20. The summed E-state index contributed by atoms with van der Waals surface area (Å²) in [5.74, 6) is 1.62. The first-order chi connectivity index (χ1) is 7.83. The monoisotopic (exact) mass is 221 g/mol. The molecule has 1 N–H and O–H groups in total. The summed E-state index contributed by atoms with van der Waals surface area (Å²) < 4.78 is 19.1. The van der Waals surface area contributed by atoms with Crippen LogP contribution in [0.3, 0.4) is 0 Å². The van der Waals surface area contributed by atoms with Crippen LogP contribution in [0.25, 0.3) is 0 Å². The second-order valence-corrected chi connectivity index (χ2v) is 4.82. The Kier molecular flexibility index (Phi) is 2.56. The molecule has 1 aliphatic carbocycles. The predicted molar refractivity (Wildman–Crippen MR) is 59.9 cm³/mol. The third-order valence-electron chi connectivity index (χ3n) is 3.74. The summed E-state index contributed by atoms with van der Waals surface area (Å²) in [5, 5.41) is 3.39. The van der Waals surface area contributed by atoms with E-state index >= 15 is 0 Å². The Hall–Kier alpha value is -1.09. The summed E-state index contributed by atoms with van der Waals surface area (Å²) in [5.41, 5.74) is 0. The number of halogens is 1. The summed E-state index contributed by atoms with van der Waals surface area (Å²) in [6.07, 6.45) is 2.33. The van der Waals surface area contributed by atoms with Gasteiger partial charge in [0.1, 0.15) is 0 Å². The number of rotatable bonds is 2. The lowest BCUT2D eigenvalue weighted by Gasteiger charge is -2.15. The van der Waals surface area contributed by atoms with Crippen LogP contribution in [0.15, 0.2) is 24.3 Å². The normalized spacial score (nSPS) is 29.3. The van der Waals surface area contributed by atoms with E-state index in [1.807, 2.05) is 6.07 Å². The maximum Gasteiger partial charge on any atom is 0.165 e. The summed E-state index contributed by atoms with van der Waals surface area (Å²) in [4.78, 5) is 0. The van der Waals surface area contributed by atoms with Crippen molar-refractivity contribution in [3.8, 4) is 5.75 Å². The standard InChI is InChI=1S/C13H16FNO/c14-12-3-1-2-4-13(12)16-11-5-9-7-15-8-10(9)6-11/h1-4,9-11,15H,5-8H2/t9-,10-/m1/s1. The van der Waals surface area contributed by atoms with E-state index in [2.05, 4.69) is 5.32 Å². The molecule has 0 spiro atoms. The first kappa shape index (κ1) is 10.1. The van der Waals surface area contributed by atoms with E-state index in [0.717, 1.165) is 37.8 Å². The zero-order chi connectivity index (χ0) is 11.0. The van der Waals surface area contributed by atoms with Crippen LogP contribution in [0, 0.1) is 17.7 Å². The van der Waals surface area contributed by atoms with Gasteiger partial charge in [-0.2, -0.15) is 0 Å². The molecule has 0 bridgehead atoms. The fourth-order valence-corrected chi connectivity index (χ4v) is 2.93. The minimum absolute atomic E-state index is 0.203. The van der Waals surface area contributed by atoms with Crippen molar-refractivity contribution in [3.05, 3.63) is 30.1 Å². The fourth-order valence-electron chi connectivity index (χ4n) is 2.93. The first-order valence-corrected chi connectivity index (χ1v) is 5.95. The molecular formula is C13H16FNO. The highest BCUT2D eigenvalue weighted by molar-refractivity contribution is 5.24. The van der Waals surface area contributed by atoms with E-state index in [1.165, 1.54) is 6.07 Å². The van der Waals surface area contributed by atoms with Gasteiger partial charge in [0.05, 0.1) is 6.10 Å². The van der Waals surface area contributed by atoms with Gasteiger partial charge in [-0.25, -0.2) is 4.39 Å². The second-order valence-electron chi connectivity index (χ2n) is 4.82. The van der Waals surface area contributed by atoms with Crippen LogP contribution in [0.2, 0.25) is 0 Å². The molecule has 0 radical (unpaired) electrons.